The van der Waals surface area contributed by atoms with Crippen molar-refractivity contribution in [1.29, 1.82) is 0 Å². The van der Waals surface area contributed by atoms with Crippen LogP contribution >= 0.6 is 0 Å². The van der Waals surface area contributed by atoms with Gasteiger partial charge in [-0.1, -0.05) is 25.7 Å². The zero-order chi connectivity index (χ0) is 13.1. The maximum Gasteiger partial charge on any atom is 0.279 e. The Balaban J connectivity index is 1.89. The van der Waals surface area contributed by atoms with Crippen molar-refractivity contribution in [3.63, 3.8) is 0 Å². The van der Waals surface area contributed by atoms with Crippen molar-refractivity contribution in [3.8, 4) is 0 Å². The summed E-state index contributed by atoms with van der Waals surface area (Å²) in [5, 5.41) is 10.4. The summed E-state index contributed by atoms with van der Waals surface area (Å²) in [6.45, 7) is 1.37. The van der Waals surface area contributed by atoms with Crippen LogP contribution in [0.15, 0.2) is 0 Å². The van der Waals surface area contributed by atoms with Crippen LogP contribution in [-0.2, 0) is 10.2 Å². The Bertz CT molecular complexity index is 356. The quantitative estimate of drug-likeness (QED) is 0.753. The molecule has 106 valence electrons. The Morgan fingerprint density at radius 3 is 2.11 bits per heavy atom. The molecule has 0 bridgehead atoms. The standard InChI is InChI=1S/C12H24N2O3S/c15-12(7-3-1-2-4-8-12)11-13-18(16,17)14-9-5-6-10-14/h13,15H,1-11H2. The minimum atomic E-state index is -3.39. The molecule has 0 aromatic heterocycles. The molecule has 0 spiro atoms. The summed E-state index contributed by atoms with van der Waals surface area (Å²) >= 11 is 0. The summed E-state index contributed by atoms with van der Waals surface area (Å²) in [7, 11) is -3.39. The molecule has 5 nitrogen and oxygen atoms in total. The van der Waals surface area contributed by atoms with Crippen LogP contribution in [0, 0.1) is 0 Å². The first-order valence-corrected chi connectivity index (χ1v) is 8.43. The fraction of sp³-hybridized carbons (Fsp3) is 1.00. The van der Waals surface area contributed by atoms with Crippen LogP contribution in [0.3, 0.4) is 0 Å². The van der Waals surface area contributed by atoms with Crippen molar-refractivity contribution in [3.05, 3.63) is 0 Å². The van der Waals surface area contributed by atoms with Crippen LogP contribution in [-0.4, -0.2) is 43.1 Å². The molecular weight excluding hydrogens is 252 g/mol. The summed E-state index contributed by atoms with van der Waals surface area (Å²) < 4.78 is 28.1. The Labute approximate surface area is 110 Å². The molecule has 1 saturated carbocycles. The van der Waals surface area contributed by atoms with E-state index in [0.717, 1.165) is 38.5 Å². The van der Waals surface area contributed by atoms with Crippen LogP contribution in [0.5, 0.6) is 0 Å². The average Bonchev–Trinajstić information content (AvgIpc) is 2.79. The van der Waals surface area contributed by atoms with E-state index in [4.69, 9.17) is 0 Å². The fourth-order valence-electron chi connectivity index (χ4n) is 2.81. The van der Waals surface area contributed by atoms with E-state index < -0.39 is 15.8 Å². The van der Waals surface area contributed by atoms with Crippen molar-refractivity contribution >= 4 is 10.2 Å². The molecule has 0 amide bonds. The van der Waals surface area contributed by atoms with E-state index in [9.17, 15) is 13.5 Å². The lowest BCUT2D eigenvalue weighted by atomic mass is 9.95. The third-order valence-corrected chi connectivity index (χ3v) is 5.58. The van der Waals surface area contributed by atoms with Gasteiger partial charge in [0.2, 0.25) is 0 Å². The predicted octanol–water partition coefficient (Wildman–Crippen LogP) is 1.00. The van der Waals surface area contributed by atoms with Gasteiger partial charge in [-0.2, -0.15) is 17.4 Å². The number of hydrogen-bond acceptors (Lipinski definition) is 3. The smallest absolute Gasteiger partial charge is 0.279 e. The second kappa shape index (κ2) is 5.86. The third kappa shape index (κ3) is 3.66. The third-order valence-electron chi connectivity index (χ3n) is 4.02. The van der Waals surface area contributed by atoms with Gasteiger partial charge in [-0.05, 0) is 25.7 Å². The highest BCUT2D eigenvalue weighted by molar-refractivity contribution is 7.87. The predicted molar refractivity (Wildman–Crippen MR) is 70.4 cm³/mol. The summed E-state index contributed by atoms with van der Waals surface area (Å²) in [6.07, 6.45) is 7.54. The van der Waals surface area contributed by atoms with Crippen LogP contribution < -0.4 is 4.72 Å². The molecule has 6 heteroatoms. The van der Waals surface area contributed by atoms with Gasteiger partial charge in [0.15, 0.2) is 0 Å². The maximum atomic E-state index is 12.0. The molecule has 1 aliphatic carbocycles. The minimum Gasteiger partial charge on any atom is -0.389 e. The molecule has 0 unspecified atom stereocenters. The van der Waals surface area contributed by atoms with Gasteiger partial charge >= 0.3 is 0 Å². The van der Waals surface area contributed by atoms with E-state index in [1.165, 1.54) is 4.31 Å². The second-order valence-corrected chi connectivity index (χ2v) is 7.33. The van der Waals surface area contributed by atoms with E-state index in [1.54, 1.807) is 0 Å². The van der Waals surface area contributed by atoms with Gasteiger partial charge in [-0.15, -0.1) is 0 Å². The van der Waals surface area contributed by atoms with Gasteiger partial charge in [0, 0.05) is 19.6 Å². The number of nitrogens with zero attached hydrogens (tertiary/aromatic N) is 1. The zero-order valence-corrected chi connectivity index (χ0v) is 11.7. The Kier molecular flexibility index (Phi) is 4.64. The van der Waals surface area contributed by atoms with Crippen LogP contribution in [0.4, 0.5) is 0 Å². The molecule has 2 N–H and O–H groups in total. The Morgan fingerprint density at radius 2 is 1.56 bits per heavy atom. The first-order valence-electron chi connectivity index (χ1n) is 6.99. The van der Waals surface area contributed by atoms with Gasteiger partial charge in [-0.25, -0.2) is 0 Å². The minimum absolute atomic E-state index is 0.159. The summed E-state index contributed by atoms with van der Waals surface area (Å²) in [6, 6.07) is 0. The van der Waals surface area contributed by atoms with Crippen LogP contribution in [0.1, 0.15) is 51.4 Å². The second-order valence-electron chi connectivity index (χ2n) is 5.57. The SMILES string of the molecule is O=S(=O)(NCC1(O)CCCCCC1)N1CCCC1. The van der Waals surface area contributed by atoms with Crippen molar-refractivity contribution in [2.75, 3.05) is 19.6 Å². The Hall–Kier alpha value is -0.170. The van der Waals surface area contributed by atoms with E-state index in [-0.39, 0.29) is 6.54 Å². The molecule has 18 heavy (non-hydrogen) atoms. The number of hydrogen-bond donors (Lipinski definition) is 2. The highest BCUT2D eigenvalue weighted by Crippen LogP contribution is 2.26. The largest absolute Gasteiger partial charge is 0.389 e. The zero-order valence-electron chi connectivity index (χ0n) is 10.9. The Morgan fingerprint density at radius 1 is 1.00 bits per heavy atom. The number of rotatable bonds is 4. The molecule has 0 radical (unpaired) electrons. The van der Waals surface area contributed by atoms with E-state index in [1.807, 2.05) is 0 Å². The molecule has 2 aliphatic rings. The molecule has 1 aliphatic heterocycles. The summed E-state index contributed by atoms with van der Waals surface area (Å²) in [4.78, 5) is 0. The van der Waals surface area contributed by atoms with Crippen molar-refractivity contribution in [2.24, 2.45) is 0 Å². The van der Waals surface area contributed by atoms with Gasteiger partial charge in [-0.3, -0.25) is 0 Å². The number of aliphatic hydroxyl groups is 1. The van der Waals surface area contributed by atoms with Crippen molar-refractivity contribution < 1.29 is 13.5 Å². The summed E-state index contributed by atoms with van der Waals surface area (Å²) in [5.74, 6) is 0. The molecule has 2 fully saturated rings. The normalized spacial score (nSPS) is 26.1. The lowest BCUT2D eigenvalue weighted by molar-refractivity contribution is 0.0300. The fourth-order valence-corrected chi connectivity index (χ4v) is 4.18. The van der Waals surface area contributed by atoms with Crippen LogP contribution in [0.25, 0.3) is 0 Å². The molecule has 2 rings (SSSR count). The first kappa shape index (κ1) is 14.2. The summed E-state index contributed by atoms with van der Waals surface area (Å²) in [5.41, 5.74) is -0.844. The van der Waals surface area contributed by atoms with Gasteiger partial charge < -0.3 is 5.11 Å². The molecule has 0 aromatic carbocycles. The van der Waals surface area contributed by atoms with Crippen LogP contribution in [0.2, 0.25) is 0 Å². The molecule has 1 heterocycles. The van der Waals surface area contributed by atoms with E-state index >= 15 is 0 Å². The van der Waals surface area contributed by atoms with Gasteiger partial charge in [0.25, 0.3) is 10.2 Å². The molecule has 0 aromatic rings. The van der Waals surface area contributed by atoms with Gasteiger partial charge in [0.1, 0.15) is 0 Å². The highest BCUT2D eigenvalue weighted by atomic mass is 32.2. The van der Waals surface area contributed by atoms with Crippen molar-refractivity contribution in [1.82, 2.24) is 9.03 Å². The van der Waals surface area contributed by atoms with Crippen molar-refractivity contribution in [2.45, 2.75) is 57.0 Å². The maximum absolute atomic E-state index is 12.0. The van der Waals surface area contributed by atoms with E-state index in [2.05, 4.69) is 4.72 Å². The monoisotopic (exact) mass is 276 g/mol. The lowest BCUT2D eigenvalue weighted by Crippen LogP contribution is -2.47. The highest BCUT2D eigenvalue weighted by Gasteiger charge is 2.32. The number of nitrogens with one attached hydrogen (secondary N) is 1. The molecule has 0 atom stereocenters. The van der Waals surface area contributed by atoms with E-state index in [0.29, 0.717) is 25.9 Å². The average molecular weight is 276 g/mol. The molecule has 1 saturated heterocycles. The topological polar surface area (TPSA) is 69.6 Å². The first-order chi connectivity index (χ1) is 8.52. The van der Waals surface area contributed by atoms with Gasteiger partial charge in [0.05, 0.1) is 5.60 Å². The molecular formula is C12H24N2O3S. The lowest BCUT2D eigenvalue weighted by Gasteiger charge is -2.28.